The number of rotatable bonds is 4. The Kier molecular flexibility index (Phi) is 4.13. The number of hydrogen-bond donors (Lipinski definition) is 3. The zero-order valence-electron chi connectivity index (χ0n) is 12.6. The number of amides is 1. The molecular formula is C16H13N3O4S. The molecule has 0 aliphatic heterocycles. The maximum absolute atomic E-state index is 12.4. The number of benzene rings is 1. The molecule has 2 aromatic heterocycles. The van der Waals surface area contributed by atoms with E-state index in [1.807, 2.05) is 0 Å². The molecule has 0 radical (unpaired) electrons. The summed E-state index contributed by atoms with van der Waals surface area (Å²) in [5.74, 6) is -1.24. The van der Waals surface area contributed by atoms with Crippen LogP contribution in [0.1, 0.15) is 20.8 Å². The van der Waals surface area contributed by atoms with Gasteiger partial charge in [0, 0.05) is 5.69 Å². The summed E-state index contributed by atoms with van der Waals surface area (Å²) in [6.45, 7) is 1.71. The van der Waals surface area contributed by atoms with Crippen molar-refractivity contribution >= 4 is 39.1 Å². The third-order valence-electron chi connectivity index (χ3n) is 3.51. The minimum absolute atomic E-state index is 0.0713. The minimum Gasteiger partial charge on any atom is -0.481 e. The van der Waals surface area contributed by atoms with Gasteiger partial charge in [-0.2, -0.15) is 0 Å². The smallest absolute Gasteiger partial charge is 0.307 e. The second-order valence-corrected chi connectivity index (χ2v) is 6.19. The Morgan fingerprint density at radius 2 is 2.00 bits per heavy atom. The standard InChI is InChI=1S/C16H13N3O4S/c1-8-12-14(22)17-7-18-16(12)24-13(8)15(23)19-10-4-2-9(3-5-10)6-11(20)21/h2-5,7H,6H2,1H3,(H,19,23)(H,20,21)(H,17,18,22). The average molecular weight is 343 g/mol. The molecule has 1 amide bonds. The number of nitrogens with zero attached hydrogens (tertiary/aromatic N) is 1. The van der Waals surface area contributed by atoms with E-state index in [0.717, 1.165) is 11.3 Å². The van der Waals surface area contributed by atoms with Crippen LogP contribution in [-0.2, 0) is 11.2 Å². The average Bonchev–Trinajstić information content (AvgIpc) is 2.87. The lowest BCUT2D eigenvalue weighted by molar-refractivity contribution is -0.136. The summed E-state index contributed by atoms with van der Waals surface area (Å²) in [6.07, 6.45) is 1.24. The number of thiophene rings is 1. The molecular weight excluding hydrogens is 330 g/mol. The number of carboxylic acid groups (broad SMARTS) is 1. The number of aliphatic carboxylic acids is 1. The van der Waals surface area contributed by atoms with Crippen LogP contribution >= 0.6 is 11.3 Å². The van der Waals surface area contributed by atoms with Crippen LogP contribution in [0.3, 0.4) is 0 Å². The fourth-order valence-corrected chi connectivity index (χ4v) is 3.41. The van der Waals surface area contributed by atoms with Gasteiger partial charge in [0.25, 0.3) is 11.5 Å². The van der Waals surface area contributed by atoms with Gasteiger partial charge in [0.1, 0.15) is 4.83 Å². The van der Waals surface area contributed by atoms with Crippen LogP contribution in [0, 0.1) is 6.92 Å². The van der Waals surface area contributed by atoms with Crippen molar-refractivity contribution in [3.05, 3.63) is 57.0 Å². The van der Waals surface area contributed by atoms with Gasteiger partial charge in [-0.15, -0.1) is 11.3 Å². The molecule has 3 aromatic rings. The maximum atomic E-state index is 12.4. The summed E-state index contributed by atoms with van der Waals surface area (Å²) < 4.78 is 0. The SMILES string of the molecule is Cc1c(C(=O)Nc2ccc(CC(=O)O)cc2)sc2nc[nH]c(=O)c12. The molecule has 3 N–H and O–H groups in total. The first-order valence-corrected chi connectivity index (χ1v) is 7.86. The van der Waals surface area contributed by atoms with Crippen molar-refractivity contribution in [3.63, 3.8) is 0 Å². The van der Waals surface area contributed by atoms with Crippen molar-refractivity contribution in [1.82, 2.24) is 9.97 Å². The molecule has 3 rings (SSSR count). The number of fused-ring (bicyclic) bond motifs is 1. The molecule has 0 bridgehead atoms. The predicted molar refractivity (Wildman–Crippen MR) is 90.7 cm³/mol. The van der Waals surface area contributed by atoms with Crippen LogP contribution in [0.4, 0.5) is 5.69 Å². The molecule has 0 unspecified atom stereocenters. The quantitative estimate of drug-likeness (QED) is 0.672. The van der Waals surface area contributed by atoms with Gasteiger partial charge < -0.3 is 15.4 Å². The van der Waals surface area contributed by atoms with Gasteiger partial charge in [0.05, 0.1) is 23.0 Å². The van der Waals surface area contributed by atoms with Crippen LogP contribution in [0.2, 0.25) is 0 Å². The van der Waals surface area contributed by atoms with Crippen LogP contribution in [0.25, 0.3) is 10.2 Å². The third-order valence-corrected chi connectivity index (χ3v) is 4.70. The Labute approximate surface area is 140 Å². The molecule has 2 heterocycles. The summed E-state index contributed by atoms with van der Waals surface area (Å²) in [4.78, 5) is 42.5. The fourth-order valence-electron chi connectivity index (χ4n) is 2.36. The van der Waals surface area contributed by atoms with Crippen LogP contribution in [0.5, 0.6) is 0 Å². The largest absolute Gasteiger partial charge is 0.481 e. The van der Waals surface area contributed by atoms with Crippen LogP contribution in [-0.4, -0.2) is 27.0 Å². The van der Waals surface area contributed by atoms with E-state index in [9.17, 15) is 14.4 Å². The molecule has 0 aliphatic rings. The highest BCUT2D eigenvalue weighted by atomic mass is 32.1. The first-order chi connectivity index (χ1) is 11.5. The molecule has 0 fully saturated rings. The number of aryl methyl sites for hydroxylation is 1. The molecule has 7 nitrogen and oxygen atoms in total. The Bertz CT molecular complexity index is 989. The molecule has 24 heavy (non-hydrogen) atoms. The van der Waals surface area contributed by atoms with E-state index in [1.165, 1.54) is 6.33 Å². The first-order valence-electron chi connectivity index (χ1n) is 7.04. The highest BCUT2D eigenvalue weighted by molar-refractivity contribution is 7.20. The van der Waals surface area contributed by atoms with Crippen molar-refractivity contribution in [2.45, 2.75) is 13.3 Å². The first kappa shape index (κ1) is 15.9. The number of aromatic amines is 1. The Hall–Kier alpha value is -3.00. The molecule has 0 saturated carbocycles. The molecule has 0 atom stereocenters. The third kappa shape index (κ3) is 3.04. The molecule has 0 saturated heterocycles. The van der Waals surface area contributed by atoms with Gasteiger partial charge in [0.15, 0.2) is 0 Å². The normalized spacial score (nSPS) is 10.7. The lowest BCUT2D eigenvalue weighted by atomic mass is 10.1. The highest BCUT2D eigenvalue weighted by Crippen LogP contribution is 2.27. The summed E-state index contributed by atoms with van der Waals surface area (Å²) >= 11 is 1.16. The number of carboxylic acids is 1. The van der Waals surface area contributed by atoms with Crippen molar-refractivity contribution in [2.75, 3.05) is 5.32 Å². The van der Waals surface area contributed by atoms with Crippen molar-refractivity contribution < 1.29 is 14.7 Å². The molecule has 0 spiro atoms. The Morgan fingerprint density at radius 3 is 2.62 bits per heavy atom. The van der Waals surface area contributed by atoms with Crippen LogP contribution in [0.15, 0.2) is 35.4 Å². The zero-order chi connectivity index (χ0) is 17.3. The van der Waals surface area contributed by atoms with E-state index in [2.05, 4.69) is 15.3 Å². The minimum atomic E-state index is -0.912. The number of hydrogen-bond acceptors (Lipinski definition) is 5. The monoisotopic (exact) mass is 343 g/mol. The highest BCUT2D eigenvalue weighted by Gasteiger charge is 2.18. The van der Waals surface area contributed by atoms with Gasteiger partial charge in [-0.25, -0.2) is 4.98 Å². The van der Waals surface area contributed by atoms with E-state index >= 15 is 0 Å². The number of anilines is 1. The fraction of sp³-hybridized carbons (Fsp3) is 0.125. The summed E-state index contributed by atoms with van der Waals surface area (Å²) in [7, 11) is 0. The van der Waals surface area contributed by atoms with E-state index < -0.39 is 5.97 Å². The molecule has 1 aromatic carbocycles. The van der Waals surface area contributed by atoms with Gasteiger partial charge in [-0.05, 0) is 30.2 Å². The van der Waals surface area contributed by atoms with Gasteiger partial charge in [-0.1, -0.05) is 12.1 Å². The summed E-state index contributed by atoms with van der Waals surface area (Å²) in [6, 6.07) is 6.58. The van der Waals surface area contributed by atoms with E-state index in [-0.39, 0.29) is 17.9 Å². The maximum Gasteiger partial charge on any atom is 0.307 e. The Morgan fingerprint density at radius 1 is 1.29 bits per heavy atom. The van der Waals surface area contributed by atoms with Gasteiger partial charge >= 0.3 is 5.97 Å². The molecule has 8 heteroatoms. The lowest BCUT2D eigenvalue weighted by Gasteiger charge is -2.05. The summed E-state index contributed by atoms with van der Waals surface area (Å²) in [5, 5.41) is 11.9. The Balaban J connectivity index is 1.85. The second-order valence-electron chi connectivity index (χ2n) is 5.19. The zero-order valence-corrected chi connectivity index (χ0v) is 13.4. The van der Waals surface area contributed by atoms with Crippen molar-refractivity contribution in [2.24, 2.45) is 0 Å². The van der Waals surface area contributed by atoms with Crippen molar-refractivity contribution in [3.8, 4) is 0 Å². The molecule has 0 aliphatic carbocycles. The summed E-state index contributed by atoms with van der Waals surface area (Å²) in [5.41, 5.74) is 1.51. The molecule has 122 valence electrons. The number of aromatic nitrogens is 2. The lowest BCUT2D eigenvalue weighted by Crippen LogP contribution is -2.12. The van der Waals surface area contributed by atoms with E-state index in [4.69, 9.17) is 5.11 Å². The number of carbonyl (C=O) groups excluding carboxylic acids is 1. The van der Waals surface area contributed by atoms with E-state index in [0.29, 0.717) is 31.9 Å². The second kappa shape index (κ2) is 6.25. The van der Waals surface area contributed by atoms with Crippen molar-refractivity contribution in [1.29, 1.82) is 0 Å². The van der Waals surface area contributed by atoms with E-state index in [1.54, 1.807) is 31.2 Å². The topological polar surface area (TPSA) is 112 Å². The number of H-pyrrole nitrogens is 1. The number of nitrogens with one attached hydrogen (secondary N) is 2. The van der Waals surface area contributed by atoms with Gasteiger partial charge in [-0.3, -0.25) is 14.4 Å². The van der Waals surface area contributed by atoms with Crippen LogP contribution < -0.4 is 10.9 Å². The number of carbonyl (C=O) groups is 2. The predicted octanol–water partition coefficient (Wildman–Crippen LogP) is 2.17. The van der Waals surface area contributed by atoms with Gasteiger partial charge in [0.2, 0.25) is 0 Å².